The van der Waals surface area contributed by atoms with E-state index in [4.69, 9.17) is 4.74 Å². The van der Waals surface area contributed by atoms with E-state index in [0.717, 1.165) is 6.42 Å². The number of halogens is 2. The van der Waals surface area contributed by atoms with Crippen LogP contribution in [-0.4, -0.2) is 11.7 Å². The Kier molecular flexibility index (Phi) is 5.15. The molecule has 0 aliphatic rings. The highest BCUT2D eigenvalue weighted by molar-refractivity contribution is 9.10. The quantitative estimate of drug-likeness (QED) is 0.872. The van der Waals surface area contributed by atoms with Gasteiger partial charge in [-0.3, -0.25) is 0 Å². The summed E-state index contributed by atoms with van der Waals surface area (Å²) in [5.74, 6) is 0.235. The van der Waals surface area contributed by atoms with Crippen LogP contribution in [0.4, 0.5) is 4.39 Å². The highest BCUT2D eigenvalue weighted by atomic mass is 79.9. The third kappa shape index (κ3) is 3.38. The molecule has 2 aromatic rings. The monoisotopic (exact) mass is 338 g/mol. The molecule has 0 fully saturated rings. The minimum Gasteiger partial charge on any atom is -0.493 e. The van der Waals surface area contributed by atoms with Crippen molar-refractivity contribution >= 4 is 15.9 Å². The predicted octanol–water partition coefficient (Wildman–Crippen LogP) is 4.46. The number of benzene rings is 2. The summed E-state index contributed by atoms with van der Waals surface area (Å²) in [6.07, 6.45) is -0.0252. The first kappa shape index (κ1) is 15.0. The maximum absolute atomic E-state index is 13.6. The molecule has 0 saturated heterocycles. The van der Waals surface area contributed by atoms with Gasteiger partial charge in [-0.05, 0) is 46.1 Å². The molecule has 0 aromatic heterocycles. The van der Waals surface area contributed by atoms with Gasteiger partial charge < -0.3 is 9.84 Å². The highest BCUT2D eigenvalue weighted by Gasteiger charge is 2.16. The summed E-state index contributed by atoms with van der Waals surface area (Å²) in [5.41, 5.74) is 1.14. The van der Waals surface area contributed by atoms with Crippen molar-refractivity contribution in [1.29, 1.82) is 0 Å². The fourth-order valence-electron chi connectivity index (χ4n) is 1.91. The molecule has 106 valence electrons. The zero-order valence-corrected chi connectivity index (χ0v) is 12.7. The Labute approximate surface area is 126 Å². The maximum Gasteiger partial charge on any atom is 0.137 e. The molecule has 0 radical (unpaired) electrons. The highest BCUT2D eigenvalue weighted by Crippen LogP contribution is 2.31. The van der Waals surface area contributed by atoms with Gasteiger partial charge in [-0.1, -0.05) is 31.2 Å². The molecule has 0 heterocycles. The molecule has 0 saturated carbocycles. The molecule has 0 aliphatic carbocycles. The average Bonchev–Trinajstić information content (AvgIpc) is 2.47. The Morgan fingerprint density at radius 3 is 2.70 bits per heavy atom. The number of para-hydroxylation sites is 1. The normalized spacial score (nSPS) is 12.2. The first-order valence-electron chi connectivity index (χ1n) is 6.48. The van der Waals surface area contributed by atoms with Gasteiger partial charge in [-0.15, -0.1) is 0 Å². The fraction of sp³-hybridized carbons (Fsp3) is 0.250. The number of aliphatic hydroxyl groups is 1. The molecule has 2 nitrogen and oxygen atoms in total. The number of ether oxygens (including phenoxy) is 1. The number of hydrogen-bond donors (Lipinski definition) is 1. The van der Waals surface area contributed by atoms with E-state index in [1.165, 1.54) is 6.07 Å². The Morgan fingerprint density at radius 1 is 1.25 bits per heavy atom. The third-order valence-corrected chi connectivity index (χ3v) is 3.58. The smallest absolute Gasteiger partial charge is 0.137 e. The number of rotatable bonds is 5. The van der Waals surface area contributed by atoms with Gasteiger partial charge in [0, 0.05) is 5.56 Å². The van der Waals surface area contributed by atoms with Gasteiger partial charge in [0.2, 0.25) is 0 Å². The number of hydrogen-bond acceptors (Lipinski definition) is 2. The second kappa shape index (κ2) is 6.86. The van der Waals surface area contributed by atoms with Crippen molar-refractivity contribution < 1.29 is 14.2 Å². The predicted molar refractivity (Wildman–Crippen MR) is 80.4 cm³/mol. The lowest BCUT2D eigenvalue weighted by Crippen LogP contribution is -2.05. The zero-order chi connectivity index (χ0) is 14.5. The van der Waals surface area contributed by atoms with Crippen LogP contribution < -0.4 is 4.74 Å². The van der Waals surface area contributed by atoms with Crippen LogP contribution >= 0.6 is 15.9 Å². The van der Waals surface area contributed by atoms with Crippen LogP contribution in [0, 0.1) is 5.82 Å². The molecule has 2 rings (SSSR count). The summed E-state index contributed by atoms with van der Waals surface area (Å²) < 4.78 is 19.6. The molecule has 20 heavy (non-hydrogen) atoms. The van der Waals surface area contributed by atoms with Crippen molar-refractivity contribution in [3.63, 3.8) is 0 Å². The number of aliphatic hydroxyl groups excluding tert-OH is 1. The van der Waals surface area contributed by atoms with Crippen molar-refractivity contribution in [3.8, 4) is 5.75 Å². The molecule has 4 heteroatoms. The molecule has 0 aliphatic heterocycles. The van der Waals surface area contributed by atoms with Gasteiger partial charge in [0.05, 0.1) is 11.1 Å². The van der Waals surface area contributed by atoms with Crippen LogP contribution in [-0.2, 0) is 0 Å². The van der Waals surface area contributed by atoms with Crippen molar-refractivity contribution in [1.82, 2.24) is 0 Å². The summed E-state index contributed by atoms with van der Waals surface area (Å²) in [5, 5.41) is 10.4. The van der Waals surface area contributed by atoms with Gasteiger partial charge in [0.1, 0.15) is 17.7 Å². The minimum atomic E-state index is -0.911. The van der Waals surface area contributed by atoms with Gasteiger partial charge in [0.25, 0.3) is 0 Å². The molecule has 0 spiro atoms. The van der Waals surface area contributed by atoms with Crippen LogP contribution in [0.15, 0.2) is 46.9 Å². The molecular weight excluding hydrogens is 323 g/mol. The first-order chi connectivity index (χ1) is 9.63. The second-order valence-electron chi connectivity index (χ2n) is 4.46. The molecular formula is C16H16BrFO2. The van der Waals surface area contributed by atoms with Gasteiger partial charge >= 0.3 is 0 Å². The van der Waals surface area contributed by atoms with E-state index in [1.54, 1.807) is 18.2 Å². The maximum atomic E-state index is 13.6. The van der Waals surface area contributed by atoms with Gasteiger partial charge in [-0.25, -0.2) is 4.39 Å². The van der Waals surface area contributed by atoms with Crippen LogP contribution in [0.1, 0.15) is 30.6 Å². The van der Waals surface area contributed by atoms with Crippen molar-refractivity contribution in [2.75, 3.05) is 6.61 Å². The lowest BCUT2D eigenvalue weighted by atomic mass is 10.0. The van der Waals surface area contributed by atoms with E-state index < -0.39 is 11.9 Å². The summed E-state index contributed by atoms with van der Waals surface area (Å²) >= 11 is 3.10. The Hall–Kier alpha value is -1.39. The molecule has 2 aromatic carbocycles. The van der Waals surface area contributed by atoms with Crippen LogP contribution in [0.25, 0.3) is 0 Å². The first-order valence-corrected chi connectivity index (χ1v) is 7.27. The van der Waals surface area contributed by atoms with E-state index in [1.807, 2.05) is 25.1 Å². The summed E-state index contributed by atoms with van der Waals surface area (Å²) in [6, 6.07) is 11.9. The van der Waals surface area contributed by atoms with Crippen molar-refractivity contribution in [2.45, 2.75) is 19.4 Å². The van der Waals surface area contributed by atoms with Gasteiger partial charge in [0.15, 0.2) is 0 Å². The molecule has 0 amide bonds. The molecule has 1 N–H and O–H groups in total. The summed E-state index contributed by atoms with van der Waals surface area (Å²) in [6.45, 7) is 2.60. The van der Waals surface area contributed by atoms with Gasteiger partial charge in [-0.2, -0.15) is 0 Å². The van der Waals surface area contributed by atoms with E-state index in [2.05, 4.69) is 15.9 Å². The van der Waals surface area contributed by atoms with E-state index in [9.17, 15) is 9.50 Å². The largest absolute Gasteiger partial charge is 0.493 e. The average molecular weight is 339 g/mol. The van der Waals surface area contributed by atoms with Crippen LogP contribution in [0.3, 0.4) is 0 Å². The Balaban J connectivity index is 2.32. The molecule has 0 bridgehead atoms. The van der Waals surface area contributed by atoms with E-state index in [0.29, 0.717) is 28.0 Å². The Bertz CT molecular complexity index is 586. The van der Waals surface area contributed by atoms with Crippen molar-refractivity contribution in [2.24, 2.45) is 0 Å². The lowest BCUT2D eigenvalue weighted by molar-refractivity contribution is 0.210. The standard InChI is InChI=1S/C16H16BrFO2/c1-2-9-20-15-6-4-3-5-12(15)16(19)11-7-8-13(17)14(18)10-11/h3-8,10,16,19H,2,9H2,1H3. The Morgan fingerprint density at radius 2 is 2.00 bits per heavy atom. The lowest BCUT2D eigenvalue weighted by Gasteiger charge is -2.16. The zero-order valence-electron chi connectivity index (χ0n) is 11.1. The van der Waals surface area contributed by atoms with E-state index >= 15 is 0 Å². The molecule has 1 unspecified atom stereocenters. The SMILES string of the molecule is CCCOc1ccccc1C(O)c1ccc(Br)c(F)c1. The van der Waals surface area contributed by atoms with E-state index in [-0.39, 0.29) is 0 Å². The van der Waals surface area contributed by atoms with Crippen LogP contribution in [0.5, 0.6) is 5.75 Å². The fourth-order valence-corrected chi connectivity index (χ4v) is 2.16. The third-order valence-electron chi connectivity index (χ3n) is 2.93. The van der Waals surface area contributed by atoms with Crippen LogP contribution in [0.2, 0.25) is 0 Å². The summed E-state index contributed by atoms with van der Waals surface area (Å²) in [4.78, 5) is 0. The summed E-state index contributed by atoms with van der Waals surface area (Å²) in [7, 11) is 0. The topological polar surface area (TPSA) is 29.5 Å². The van der Waals surface area contributed by atoms with Crippen molar-refractivity contribution in [3.05, 3.63) is 63.9 Å². The minimum absolute atomic E-state index is 0.379. The molecule has 1 atom stereocenters. The second-order valence-corrected chi connectivity index (χ2v) is 5.32.